The second kappa shape index (κ2) is 5.51. The standard InChI is InChI=1S/C15H20N2O2/c18-15-10-19-14-8-7-12(9-13(14)17-15)16-11-5-3-1-2-4-6-11/h7-9,11,16H,1-6,10H2,(H,17,18). The van der Waals surface area contributed by atoms with Crippen LogP contribution in [-0.2, 0) is 4.79 Å². The lowest BCUT2D eigenvalue weighted by Crippen LogP contribution is -2.25. The molecule has 4 nitrogen and oxygen atoms in total. The summed E-state index contributed by atoms with van der Waals surface area (Å²) in [6.45, 7) is 0.113. The fourth-order valence-corrected chi connectivity index (χ4v) is 2.83. The van der Waals surface area contributed by atoms with E-state index in [0.29, 0.717) is 6.04 Å². The zero-order valence-electron chi connectivity index (χ0n) is 11.1. The van der Waals surface area contributed by atoms with Gasteiger partial charge in [-0.1, -0.05) is 25.7 Å². The van der Waals surface area contributed by atoms with Crippen molar-refractivity contribution in [2.45, 2.75) is 44.6 Å². The van der Waals surface area contributed by atoms with Crippen LogP contribution in [0.25, 0.3) is 0 Å². The maximum absolute atomic E-state index is 11.3. The van der Waals surface area contributed by atoms with E-state index in [-0.39, 0.29) is 12.5 Å². The topological polar surface area (TPSA) is 50.4 Å². The molecule has 0 saturated heterocycles. The quantitative estimate of drug-likeness (QED) is 0.803. The van der Waals surface area contributed by atoms with Crippen molar-refractivity contribution in [3.05, 3.63) is 18.2 Å². The molecule has 1 fully saturated rings. The Labute approximate surface area is 113 Å². The predicted octanol–water partition coefficient (Wildman–Crippen LogP) is 3.15. The number of hydrogen-bond donors (Lipinski definition) is 2. The minimum atomic E-state index is -0.0842. The van der Waals surface area contributed by atoms with E-state index < -0.39 is 0 Å². The zero-order valence-corrected chi connectivity index (χ0v) is 11.1. The molecule has 1 amide bonds. The van der Waals surface area contributed by atoms with Crippen LogP contribution in [0, 0.1) is 0 Å². The summed E-state index contributed by atoms with van der Waals surface area (Å²) in [4.78, 5) is 11.3. The van der Waals surface area contributed by atoms with Gasteiger partial charge in [0.2, 0.25) is 0 Å². The molecule has 1 aromatic carbocycles. The van der Waals surface area contributed by atoms with Gasteiger partial charge in [-0.2, -0.15) is 0 Å². The van der Waals surface area contributed by atoms with Gasteiger partial charge in [0.1, 0.15) is 5.75 Å². The van der Waals surface area contributed by atoms with Gasteiger partial charge in [-0.25, -0.2) is 0 Å². The average Bonchev–Trinajstić information content (AvgIpc) is 2.67. The number of nitrogens with one attached hydrogen (secondary N) is 2. The van der Waals surface area contributed by atoms with Crippen LogP contribution in [0.2, 0.25) is 0 Å². The monoisotopic (exact) mass is 260 g/mol. The molecule has 0 spiro atoms. The van der Waals surface area contributed by atoms with Crippen LogP contribution in [0.5, 0.6) is 5.75 Å². The first kappa shape index (κ1) is 12.3. The Kier molecular flexibility index (Phi) is 3.58. The zero-order chi connectivity index (χ0) is 13.1. The first-order valence-electron chi connectivity index (χ1n) is 7.14. The van der Waals surface area contributed by atoms with Gasteiger partial charge in [0.05, 0.1) is 5.69 Å². The van der Waals surface area contributed by atoms with Crippen LogP contribution in [0.4, 0.5) is 11.4 Å². The summed E-state index contributed by atoms with van der Waals surface area (Å²) in [6, 6.07) is 6.48. The smallest absolute Gasteiger partial charge is 0.262 e. The fourth-order valence-electron chi connectivity index (χ4n) is 2.83. The molecule has 2 aliphatic rings. The van der Waals surface area contributed by atoms with Crippen LogP contribution in [0.3, 0.4) is 0 Å². The summed E-state index contributed by atoms with van der Waals surface area (Å²) in [5.74, 6) is 0.671. The Morgan fingerprint density at radius 3 is 2.74 bits per heavy atom. The van der Waals surface area contributed by atoms with E-state index in [9.17, 15) is 4.79 Å². The molecule has 1 aliphatic heterocycles. The summed E-state index contributed by atoms with van der Waals surface area (Å²) in [7, 11) is 0. The summed E-state index contributed by atoms with van der Waals surface area (Å²) in [5.41, 5.74) is 1.84. The molecular weight excluding hydrogens is 240 g/mol. The molecule has 0 aromatic heterocycles. The van der Waals surface area contributed by atoms with Gasteiger partial charge in [0.15, 0.2) is 6.61 Å². The van der Waals surface area contributed by atoms with Crippen molar-refractivity contribution in [2.24, 2.45) is 0 Å². The third-order valence-electron chi connectivity index (χ3n) is 3.84. The molecular formula is C15H20N2O2. The molecule has 3 rings (SSSR count). The number of anilines is 2. The van der Waals surface area contributed by atoms with Crippen molar-refractivity contribution in [3.63, 3.8) is 0 Å². The molecule has 2 N–H and O–H groups in total. The minimum absolute atomic E-state index is 0.0842. The molecule has 0 atom stereocenters. The van der Waals surface area contributed by atoms with E-state index in [1.165, 1.54) is 38.5 Å². The van der Waals surface area contributed by atoms with Gasteiger partial charge in [0, 0.05) is 11.7 Å². The molecule has 102 valence electrons. The normalized spacial score (nSPS) is 19.9. The van der Waals surface area contributed by atoms with Crippen LogP contribution >= 0.6 is 0 Å². The van der Waals surface area contributed by atoms with E-state index in [2.05, 4.69) is 10.6 Å². The highest BCUT2D eigenvalue weighted by Gasteiger charge is 2.17. The lowest BCUT2D eigenvalue weighted by molar-refractivity contribution is -0.118. The Bertz CT molecular complexity index is 465. The molecule has 19 heavy (non-hydrogen) atoms. The van der Waals surface area contributed by atoms with Gasteiger partial charge < -0.3 is 15.4 Å². The number of amides is 1. The maximum Gasteiger partial charge on any atom is 0.262 e. The Morgan fingerprint density at radius 1 is 1.16 bits per heavy atom. The van der Waals surface area contributed by atoms with Crippen LogP contribution in [0.15, 0.2) is 18.2 Å². The first-order chi connectivity index (χ1) is 9.31. The third kappa shape index (κ3) is 3.00. The lowest BCUT2D eigenvalue weighted by Gasteiger charge is -2.21. The average molecular weight is 260 g/mol. The molecule has 0 unspecified atom stereocenters. The molecule has 1 aliphatic carbocycles. The molecule has 1 heterocycles. The van der Waals surface area contributed by atoms with Gasteiger partial charge in [-0.05, 0) is 31.0 Å². The van der Waals surface area contributed by atoms with Crippen LogP contribution < -0.4 is 15.4 Å². The van der Waals surface area contributed by atoms with E-state index in [0.717, 1.165) is 17.1 Å². The van der Waals surface area contributed by atoms with Crippen LogP contribution in [0.1, 0.15) is 38.5 Å². The summed E-state index contributed by atoms with van der Waals surface area (Å²) < 4.78 is 5.36. The van der Waals surface area contributed by atoms with Gasteiger partial charge in [-0.3, -0.25) is 4.79 Å². The van der Waals surface area contributed by atoms with Crippen molar-refractivity contribution >= 4 is 17.3 Å². The summed E-state index contributed by atoms with van der Waals surface area (Å²) >= 11 is 0. The van der Waals surface area contributed by atoms with Crippen molar-refractivity contribution in [1.82, 2.24) is 0 Å². The molecule has 1 saturated carbocycles. The van der Waals surface area contributed by atoms with Crippen molar-refractivity contribution in [1.29, 1.82) is 0 Å². The van der Waals surface area contributed by atoms with Gasteiger partial charge >= 0.3 is 0 Å². The number of ether oxygens (including phenoxy) is 1. The summed E-state index contributed by atoms with van der Waals surface area (Å²) in [5, 5.41) is 6.42. The Balaban J connectivity index is 1.71. The minimum Gasteiger partial charge on any atom is -0.482 e. The number of rotatable bonds is 2. The van der Waals surface area contributed by atoms with E-state index in [4.69, 9.17) is 4.74 Å². The lowest BCUT2D eigenvalue weighted by atomic mass is 10.1. The van der Waals surface area contributed by atoms with Crippen molar-refractivity contribution in [2.75, 3.05) is 17.2 Å². The molecule has 4 heteroatoms. The number of carbonyl (C=O) groups excluding carboxylic acids is 1. The SMILES string of the molecule is O=C1COc2ccc(NC3CCCCCC3)cc2N1. The number of benzene rings is 1. The van der Waals surface area contributed by atoms with Crippen LogP contribution in [-0.4, -0.2) is 18.6 Å². The number of carbonyl (C=O) groups is 1. The highest BCUT2D eigenvalue weighted by molar-refractivity contribution is 5.96. The van der Waals surface area contributed by atoms with Crippen molar-refractivity contribution in [3.8, 4) is 5.75 Å². The second-order valence-corrected chi connectivity index (χ2v) is 5.38. The summed E-state index contributed by atoms with van der Waals surface area (Å²) in [6.07, 6.45) is 7.79. The highest BCUT2D eigenvalue weighted by Crippen LogP contribution is 2.31. The largest absolute Gasteiger partial charge is 0.482 e. The number of fused-ring (bicyclic) bond motifs is 1. The van der Waals surface area contributed by atoms with Crippen molar-refractivity contribution < 1.29 is 9.53 Å². The third-order valence-corrected chi connectivity index (χ3v) is 3.84. The molecule has 0 radical (unpaired) electrons. The van der Waals surface area contributed by atoms with E-state index in [1.54, 1.807) is 0 Å². The first-order valence-corrected chi connectivity index (χ1v) is 7.14. The van der Waals surface area contributed by atoms with Gasteiger partial charge in [-0.15, -0.1) is 0 Å². The maximum atomic E-state index is 11.3. The molecule has 0 bridgehead atoms. The predicted molar refractivity (Wildman–Crippen MR) is 75.7 cm³/mol. The van der Waals surface area contributed by atoms with E-state index >= 15 is 0 Å². The molecule has 1 aromatic rings. The fraction of sp³-hybridized carbons (Fsp3) is 0.533. The Morgan fingerprint density at radius 2 is 1.95 bits per heavy atom. The highest BCUT2D eigenvalue weighted by atomic mass is 16.5. The number of hydrogen-bond acceptors (Lipinski definition) is 3. The Hall–Kier alpha value is -1.71. The van der Waals surface area contributed by atoms with Gasteiger partial charge in [0.25, 0.3) is 5.91 Å². The second-order valence-electron chi connectivity index (χ2n) is 5.38. The van der Waals surface area contributed by atoms with E-state index in [1.807, 2.05) is 18.2 Å².